The Morgan fingerprint density at radius 2 is 1.87 bits per heavy atom. The van der Waals surface area contributed by atoms with Crippen LogP contribution >= 0.6 is 0 Å². The number of allylic oxidation sites excluding steroid dienone is 2. The quantitative estimate of drug-likeness (QED) is 0.664. The molecule has 0 spiro atoms. The third-order valence-corrected chi connectivity index (χ3v) is 1.64. The maximum absolute atomic E-state index is 9.49. The molecule has 3 N–H and O–H groups in total. The van der Waals surface area contributed by atoms with Crippen LogP contribution in [0.2, 0.25) is 0 Å². The van der Waals surface area contributed by atoms with Gasteiger partial charge in [-0.15, -0.1) is 6.58 Å². The van der Waals surface area contributed by atoms with E-state index in [-0.39, 0.29) is 0 Å². The summed E-state index contributed by atoms with van der Waals surface area (Å²) in [6.45, 7) is 9.45. The van der Waals surface area contributed by atoms with Gasteiger partial charge in [-0.05, 0) is 33.6 Å². The number of rotatable bonds is 4. The van der Waals surface area contributed by atoms with Crippen LogP contribution in [0.1, 0.15) is 33.6 Å². The van der Waals surface area contributed by atoms with Gasteiger partial charge in [0.15, 0.2) is 0 Å². The van der Waals surface area contributed by atoms with E-state index in [1.54, 1.807) is 13.0 Å². The molecule has 0 aliphatic rings. The summed E-state index contributed by atoms with van der Waals surface area (Å²) in [6, 6.07) is 0. The molecule has 0 saturated heterocycles. The molecule has 0 aliphatic carbocycles. The third kappa shape index (κ3) is 20.0. The molecule has 1 atom stereocenters. The average Bonchev–Trinajstić information content (AvgIpc) is 2.02. The molecular weight excluding hydrogens is 235 g/mol. The summed E-state index contributed by atoms with van der Waals surface area (Å²) in [5.41, 5.74) is 0.594. The van der Waals surface area contributed by atoms with Crippen molar-refractivity contribution in [3.63, 3.8) is 0 Å². The van der Waals surface area contributed by atoms with Crippen molar-refractivity contribution in [2.45, 2.75) is 39.2 Å². The summed E-state index contributed by atoms with van der Waals surface area (Å²) in [5, 5.41) is 9.49. The van der Waals surface area contributed by atoms with Gasteiger partial charge in [-0.2, -0.15) is 0 Å². The molecule has 1 unspecified atom stereocenters. The van der Waals surface area contributed by atoms with Crippen LogP contribution in [0, 0.1) is 0 Å². The van der Waals surface area contributed by atoms with E-state index >= 15 is 0 Å². The topological polar surface area (TPSA) is 77.8 Å². The second-order valence-electron chi connectivity index (χ2n) is 3.63. The number of hydrogen-bond acceptors (Lipinski definition) is 2. The summed E-state index contributed by atoms with van der Waals surface area (Å²) >= 11 is -3.44. The molecule has 0 aromatic carbocycles. The fourth-order valence-electron chi connectivity index (χ4n) is 0.755. The van der Waals surface area contributed by atoms with E-state index in [0.29, 0.717) is 0 Å². The number of aliphatic hydroxyl groups is 1. The molecule has 0 aliphatic heterocycles. The Morgan fingerprint density at radius 1 is 1.47 bits per heavy atom. The molecule has 0 fully saturated rings. The van der Waals surface area contributed by atoms with Crippen LogP contribution in [0.3, 0.4) is 0 Å². The molecule has 15 heavy (non-hydrogen) atoms. The molecular formula is C10H20O4V. The summed E-state index contributed by atoms with van der Waals surface area (Å²) in [7, 11) is 0. The molecule has 0 amide bonds. The Labute approximate surface area is 96.4 Å². The second kappa shape index (κ2) is 9.01. The van der Waals surface area contributed by atoms with Gasteiger partial charge in [0, 0.05) is 0 Å². The van der Waals surface area contributed by atoms with E-state index in [9.17, 15) is 5.11 Å². The zero-order valence-corrected chi connectivity index (χ0v) is 10.9. The maximum atomic E-state index is 9.49. The Kier molecular flexibility index (Phi) is 10.3. The van der Waals surface area contributed by atoms with Crippen LogP contribution < -0.4 is 0 Å². The van der Waals surface area contributed by atoms with Crippen molar-refractivity contribution in [3.05, 3.63) is 24.3 Å². The van der Waals surface area contributed by atoms with Gasteiger partial charge >= 0.3 is 27.5 Å². The van der Waals surface area contributed by atoms with Crippen molar-refractivity contribution in [2.75, 3.05) is 0 Å². The average molecular weight is 255 g/mol. The molecule has 89 valence electrons. The van der Waals surface area contributed by atoms with Gasteiger partial charge in [-0.3, -0.25) is 0 Å². The summed E-state index contributed by atoms with van der Waals surface area (Å²) in [6.07, 6.45) is 5.38. The standard InChI is InChI=1S/C10H18O.2H2O.O.V/c1-5-10(4,11)8-6-7-9(2)3;;;;/h5,7,11H,1,6,8H2,2-4H3;2*1H2;;/q;;;;+2/p-2. The second-order valence-corrected chi connectivity index (χ2v) is 4.42. The van der Waals surface area contributed by atoms with Gasteiger partial charge in [0.05, 0.1) is 5.60 Å². The molecule has 4 nitrogen and oxygen atoms in total. The Balaban J connectivity index is 0. The van der Waals surface area contributed by atoms with Gasteiger partial charge < -0.3 is 5.11 Å². The first kappa shape index (κ1) is 17.1. The van der Waals surface area contributed by atoms with E-state index in [1.165, 1.54) is 5.57 Å². The van der Waals surface area contributed by atoms with Crippen LogP contribution in [-0.4, -0.2) is 18.8 Å². The zero-order valence-electron chi connectivity index (χ0n) is 9.47. The summed E-state index contributed by atoms with van der Waals surface area (Å²) < 4.78 is 23.2. The van der Waals surface area contributed by atoms with E-state index < -0.39 is 21.4 Å². The Hall–Kier alpha value is -0.256. The van der Waals surface area contributed by atoms with E-state index in [2.05, 4.69) is 26.5 Å². The van der Waals surface area contributed by atoms with Crippen molar-refractivity contribution in [3.8, 4) is 0 Å². The van der Waals surface area contributed by atoms with Crippen LogP contribution in [0.5, 0.6) is 0 Å². The van der Waals surface area contributed by atoms with Crippen LogP contribution in [0.4, 0.5) is 0 Å². The molecule has 0 saturated carbocycles. The summed E-state index contributed by atoms with van der Waals surface area (Å²) in [5.74, 6) is 0. The molecule has 0 aromatic rings. The van der Waals surface area contributed by atoms with Crippen LogP contribution in [-0.2, 0) is 19.5 Å². The van der Waals surface area contributed by atoms with Crippen molar-refractivity contribution in [1.29, 1.82) is 0 Å². The molecule has 0 radical (unpaired) electrons. The normalized spacial score (nSPS) is 12.9. The van der Waals surface area contributed by atoms with Crippen molar-refractivity contribution >= 4 is 0 Å². The summed E-state index contributed by atoms with van der Waals surface area (Å²) in [4.78, 5) is 0. The first-order valence-corrected chi connectivity index (χ1v) is 6.37. The Bertz CT molecular complexity index is 226. The van der Waals surface area contributed by atoms with Crippen molar-refractivity contribution in [2.24, 2.45) is 0 Å². The van der Waals surface area contributed by atoms with E-state index in [4.69, 9.17) is 11.7 Å². The van der Waals surface area contributed by atoms with Crippen LogP contribution in [0.15, 0.2) is 24.3 Å². The third-order valence-electron chi connectivity index (χ3n) is 1.64. The predicted octanol–water partition coefficient (Wildman–Crippen LogP) is 1.43. The minimum absolute atomic E-state index is 0.702. The monoisotopic (exact) mass is 255 g/mol. The van der Waals surface area contributed by atoms with Gasteiger partial charge in [0.25, 0.3) is 0 Å². The zero-order chi connectivity index (χ0) is 12.5. The van der Waals surface area contributed by atoms with Gasteiger partial charge in [0.2, 0.25) is 0 Å². The van der Waals surface area contributed by atoms with Gasteiger partial charge in [-0.25, -0.2) is 0 Å². The van der Waals surface area contributed by atoms with Crippen molar-refractivity contribution in [1.82, 2.24) is 0 Å². The van der Waals surface area contributed by atoms with Crippen LogP contribution in [0.25, 0.3) is 0 Å². The first-order chi connectivity index (χ1) is 6.71. The SMILES string of the molecule is C=CC(C)(O)CCC=C(C)C.[O]=[V]([OH])[OH]. The van der Waals surface area contributed by atoms with E-state index in [1.807, 2.05) is 0 Å². The van der Waals surface area contributed by atoms with Gasteiger partial charge in [0.1, 0.15) is 0 Å². The van der Waals surface area contributed by atoms with Crippen molar-refractivity contribution < 1.29 is 32.6 Å². The predicted molar refractivity (Wildman–Crippen MR) is 54.6 cm³/mol. The molecule has 0 bridgehead atoms. The molecule has 0 heterocycles. The fourth-order valence-corrected chi connectivity index (χ4v) is 0.755. The van der Waals surface area contributed by atoms with Gasteiger partial charge in [-0.1, -0.05) is 17.7 Å². The Morgan fingerprint density at radius 3 is 2.13 bits per heavy atom. The molecule has 5 heteroatoms. The first-order valence-electron chi connectivity index (χ1n) is 4.55. The molecule has 0 rings (SSSR count). The number of hydrogen-bond donors (Lipinski definition) is 3. The minimum atomic E-state index is -3.44. The molecule has 0 aromatic heterocycles. The fraction of sp³-hybridized carbons (Fsp3) is 0.600. The van der Waals surface area contributed by atoms with E-state index in [0.717, 1.165) is 12.8 Å².